The van der Waals surface area contributed by atoms with Crippen LogP contribution < -0.4 is 0 Å². The summed E-state index contributed by atoms with van der Waals surface area (Å²) < 4.78 is 116. The molecular formula is C5HF10+. The fourth-order valence-corrected chi connectivity index (χ4v) is 0.435. The highest BCUT2D eigenvalue weighted by atomic mass is 19.4. The Morgan fingerprint density at radius 1 is 0.733 bits per heavy atom. The van der Waals surface area contributed by atoms with Gasteiger partial charge in [-0.25, -0.2) is 0 Å². The predicted octanol–water partition coefficient (Wildman–Crippen LogP) is 4.01. The first kappa shape index (κ1) is 14.0. The Morgan fingerprint density at radius 2 is 1.07 bits per heavy atom. The molecule has 0 rings (SSSR count). The second kappa shape index (κ2) is 3.56. The van der Waals surface area contributed by atoms with Gasteiger partial charge in [-0.05, 0) is 0 Å². The molecule has 15 heavy (non-hydrogen) atoms. The molecule has 90 valence electrons. The van der Waals surface area contributed by atoms with Crippen LogP contribution in [0.1, 0.15) is 1.43 Å². The van der Waals surface area contributed by atoms with E-state index in [0.29, 0.717) is 0 Å². The lowest BCUT2D eigenvalue weighted by Crippen LogP contribution is -2.52. The van der Waals surface area contributed by atoms with Gasteiger partial charge in [0.2, 0.25) is 5.83 Å². The van der Waals surface area contributed by atoms with E-state index in [0.717, 1.165) is 0 Å². The molecule has 0 fully saturated rings. The van der Waals surface area contributed by atoms with Crippen LogP contribution in [0.3, 0.4) is 0 Å². The van der Waals surface area contributed by atoms with Gasteiger partial charge in [0.25, 0.3) is 0 Å². The van der Waals surface area contributed by atoms with Crippen molar-refractivity contribution in [2.75, 3.05) is 0 Å². The average Bonchev–Trinajstić information content (AvgIpc) is 2.00. The topological polar surface area (TPSA) is 0 Å². The lowest BCUT2D eigenvalue weighted by Gasteiger charge is -2.26. The largest absolute Gasteiger partial charge is 1.00 e. The molecule has 0 aromatic heterocycles. The van der Waals surface area contributed by atoms with Gasteiger partial charge < -0.3 is 0 Å². The number of hydrogen-bond donors (Lipinski definition) is 0. The Labute approximate surface area is 76.6 Å². The normalized spacial score (nSPS) is 14.0. The Kier molecular flexibility index (Phi) is 3.33. The van der Waals surface area contributed by atoms with Crippen molar-refractivity contribution in [2.45, 2.75) is 18.0 Å². The highest BCUT2D eigenvalue weighted by Gasteiger charge is 2.75. The highest BCUT2D eigenvalue weighted by Crippen LogP contribution is 2.50. The number of allylic oxidation sites excluding steroid dienone is 1. The minimum atomic E-state index is -6.91. The minimum Gasteiger partial charge on any atom is -0.199 e. The zero-order valence-electron chi connectivity index (χ0n) is 7.28. The first-order chi connectivity index (χ1) is 6.35. The van der Waals surface area contributed by atoms with Crippen molar-refractivity contribution in [1.82, 2.24) is 0 Å². The summed E-state index contributed by atoms with van der Waals surface area (Å²) in [6, 6.07) is 0. The molecule has 0 bridgehead atoms. The van der Waals surface area contributed by atoms with Crippen LogP contribution in [0.25, 0.3) is 0 Å². The van der Waals surface area contributed by atoms with Crippen molar-refractivity contribution in [3.63, 3.8) is 0 Å². The molecule has 10 heteroatoms. The minimum absolute atomic E-state index is 0. The highest BCUT2D eigenvalue weighted by molar-refractivity contribution is 5.12. The Hall–Kier alpha value is -0.960. The number of alkyl halides is 7. The lowest BCUT2D eigenvalue weighted by atomic mass is 10.1. The predicted molar refractivity (Wildman–Crippen MR) is 27.4 cm³/mol. The van der Waals surface area contributed by atoms with Gasteiger partial charge in [-0.1, -0.05) is 0 Å². The fourth-order valence-electron chi connectivity index (χ4n) is 0.435. The SMILES string of the molecule is FC(F)=C(F)C(F)(F)C(F)(F)C(F)(F)F.[H+]. The smallest absolute Gasteiger partial charge is 0.199 e. The van der Waals surface area contributed by atoms with Crippen molar-refractivity contribution >= 4 is 0 Å². The maximum atomic E-state index is 12.0. The van der Waals surface area contributed by atoms with Crippen LogP contribution in [0.4, 0.5) is 43.9 Å². The molecule has 0 unspecified atom stereocenters. The van der Waals surface area contributed by atoms with Crippen molar-refractivity contribution < 1.29 is 45.3 Å². The molecule has 0 saturated carbocycles. The summed E-state index contributed by atoms with van der Waals surface area (Å²) in [5, 5.41) is 0. The molecule has 0 N–H and O–H groups in total. The van der Waals surface area contributed by atoms with Crippen LogP contribution in [0, 0.1) is 0 Å². The summed E-state index contributed by atoms with van der Waals surface area (Å²) in [6.07, 6.45) is -10.8. The van der Waals surface area contributed by atoms with E-state index < -0.39 is 29.9 Å². The Balaban J connectivity index is 0. The molecule has 0 spiro atoms. The average molecular weight is 251 g/mol. The van der Waals surface area contributed by atoms with E-state index in [-0.39, 0.29) is 1.43 Å². The molecule has 0 nitrogen and oxygen atoms in total. The quantitative estimate of drug-likeness (QED) is 0.650. The molecule has 0 aliphatic carbocycles. The monoisotopic (exact) mass is 251 g/mol. The molecule has 0 saturated heterocycles. The summed E-state index contributed by atoms with van der Waals surface area (Å²) in [5.74, 6) is -17.7. The van der Waals surface area contributed by atoms with Gasteiger partial charge in [-0.2, -0.15) is 43.9 Å². The standard InChI is InChI=1S/C5F10/c6-1(2(7)8)3(9,10)4(11,12)5(13,14)15/p+1. The molecule has 0 atom stereocenters. The summed E-state index contributed by atoms with van der Waals surface area (Å²) in [6.45, 7) is 0. The van der Waals surface area contributed by atoms with Gasteiger partial charge in [0, 0.05) is 0 Å². The molecular weight excluding hydrogens is 250 g/mol. The Bertz CT molecular complexity index is 271. The van der Waals surface area contributed by atoms with Crippen LogP contribution in [0.5, 0.6) is 0 Å². The first-order valence-electron chi connectivity index (χ1n) is 2.89. The second-order valence-corrected chi connectivity index (χ2v) is 2.22. The summed E-state index contributed by atoms with van der Waals surface area (Å²) in [7, 11) is 0. The third-order valence-electron chi connectivity index (χ3n) is 1.19. The van der Waals surface area contributed by atoms with Crippen LogP contribution in [-0.4, -0.2) is 18.0 Å². The van der Waals surface area contributed by atoms with Gasteiger partial charge in [0.05, 0.1) is 0 Å². The van der Waals surface area contributed by atoms with Gasteiger partial charge in [-0.15, -0.1) is 0 Å². The summed E-state index contributed by atoms with van der Waals surface area (Å²) >= 11 is 0. The van der Waals surface area contributed by atoms with Crippen molar-refractivity contribution in [3.05, 3.63) is 11.9 Å². The van der Waals surface area contributed by atoms with E-state index in [9.17, 15) is 43.9 Å². The van der Waals surface area contributed by atoms with E-state index in [2.05, 4.69) is 0 Å². The van der Waals surface area contributed by atoms with Crippen LogP contribution in [0.15, 0.2) is 11.9 Å². The van der Waals surface area contributed by atoms with Crippen LogP contribution in [-0.2, 0) is 0 Å². The third kappa shape index (κ3) is 2.17. The molecule has 0 aromatic carbocycles. The second-order valence-electron chi connectivity index (χ2n) is 2.22. The third-order valence-corrected chi connectivity index (χ3v) is 1.19. The molecule has 0 aliphatic rings. The summed E-state index contributed by atoms with van der Waals surface area (Å²) in [5.41, 5.74) is 0. The maximum absolute atomic E-state index is 12.0. The maximum Gasteiger partial charge on any atom is 1.00 e. The number of halogens is 10. The van der Waals surface area contributed by atoms with Gasteiger partial charge in [-0.3, -0.25) is 0 Å². The first-order valence-corrected chi connectivity index (χ1v) is 2.89. The van der Waals surface area contributed by atoms with Crippen molar-refractivity contribution in [1.29, 1.82) is 0 Å². The van der Waals surface area contributed by atoms with E-state index in [1.165, 1.54) is 0 Å². The number of rotatable bonds is 2. The van der Waals surface area contributed by atoms with E-state index in [4.69, 9.17) is 0 Å². The van der Waals surface area contributed by atoms with Crippen molar-refractivity contribution in [3.8, 4) is 0 Å². The summed E-state index contributed by atoms with van der Waals surface area (Å²) in [4.78, 5) is 0. The Morgan fingerprint density at radius 3 is 1.27 bits per heavy atom. The van der Waals surface area contributed by atoms with E-state index in [1.807, 2.05) is 0 Å². The van der Waals surface area contributed by atoms with Crippen LogP contribution in [0.2, 0.25) is 0 Å². The van der Waals surface area contributed by atoms with Crippen molar-refractivity contribution in [2.24, 2.45) is 0 Å². The fraction of sp³-hybridized carbons (Fsp3) is 0.600. The molecule has 0 amide bonds. The lowest BCUT2D eigenvalue weighted by molar-refractivity contribution is -0.348. The van der Waals surface area contributed by atoms with E-state index in [1.54, 1.807) is 0 Å². The van der Waals surface area contributed by atoms with Gasteiger partial charge >= 0.3 is 25.5 Å². The zero-order valence-corrected chi connectivity index (χ0v) is 6.28. The van der Waals surface area contributed by atoms with Gasteiger partial charge in [0.1, 0.15) is 0 Å². The number of hydrogen-bond acceptors (Lipinski definition) is 0. The van der Waals surface area contributed by atoms with E-state index >= 15 is 0 Å². The molecule has 0 aliphatic heterocycles. The molecule has 0 radical (unpaired) electrons. The van der Waals surface area contributed by atoms with Gasteiger partial charge in [0.15, 0.2) is 0 Å². The molecule has 0 heterocycles. The van der Waals surface area contributed by atoms with Crippen LogP contribution >= 0.6 is 0 Å². The molecule has 0 aromatic rings. The zero-order chi connectivity index (χ0) is 12.7.